The van der Waals surface area contributed by atoms with Crippen LogP contribution in [0, 0.1) is 6.92 Å². The number of nitrogens with one attached hydrogen (secondary N) is 1. The maximum Gasteiger partial charge on any atom is 0.244 e. The average Bonchev–Trinajstić information content (AvgIpc) is 3.27. The molecule has 0 aliphatic rings. The lowest BCUT2D eigenvalue weighted by Gasteiger charge is -2.17. The van der Waals surface area contributed by atoms with Gasteiger partial charge in [0.25, 0.3) is 0 Å². The van der Waals surface area contributed by atoms with Crippen molar-refractivity contribution in [2.75, 3.05) is 0 Å². The molecular formula is C27H24Cl2N4OS. The first kappa shape index (κ1) is 25.0. The zero-order valence-corrected chi connectivity index (χ0v) is 21.6. The van der Waals surface area contributed by atoms with Crippen LogP contribution in [0.5, 0.6) is 0 Å². The number of halogens is 2. The van der Waals surface area contributed by atoms with Gasteiger partial charge in [0.05, 0.1) is 16.8 Å². The van der Waals surface area contributed by atoms with E-state index in [0.29, 0.717) is 26.7 Å². The van der Waals surface area contributed by atoms with Crippen molar-refractivity contribution in [3.05, 3.63) is 111 Å². The van der Waals surface area contributed by atoms with E-state index in [4.69, 9.17) is 23.2 Å². The Kier molecular flexibility index (Phi) is 8.29. The summed E-state index contributed by atoms with van der Waals surface area (Å²) in [6.45, 7) is 3.96. The van der Waals surface area contributed by atoms with Crippen LogP contribution in [-0.4, -0.2) is 20.7 Å². The first-order chi connectivity index (χ1) is 16.9. The molecule has 178 valence electrons. The number of amides is 1. The highest BCUT2D eigenvalue weighted by Crippen LogP contribution is 2.32. The molecule has 0 saturated carbocycles. The first-order valence-corrected chi connectivity index (χ1v) is 12.8. The molecule has 1 N–H and O–H groups in total. The fourth-order valence-corrected chi connectivity index (χ4v) is 5.04. The smallest absolute Gasteiger partial charge is 0.244 e. The van der Waals surface area contributed by atoms with Crippen molar-refractivity contribution in [3.8, 4) is 5.69 Å². The van der Waals surface area contributed by atoms with Gasteiger partial charge in [-0.15, -0.1) is 10.2 Å². The zero-order valence-electron chi connectivity index (χ0n) is 19.3. The van der Waals surface area contributed by atoms with Crippen LogP contribution in [0.2, 0.25) is 10.0 Å². The summed E-state index contributed by atoms with van der Waals surface area (Å²) < 4.78 is 1.88. The Bertz CT molecular complexity index is 1350. The lowest BCUT2D eigenvalue weighted by atomic mass is 10.1. The van der Waals surface area contributed by atoms with Crippen LogP contribution in [0.4, 0.5) is 0 Å². The molecule has 1 amide bonds. The van der Waals surface area contributed by atoms with Crippen molar-refractivity contribution in [2.45, 2.75) is 30.8 Å². The first-order valence-electron chi connectivity index (χ1n) is 11.0. The normalized spacial score (nSPS) is 12.1. The Morgan fingerprint density at radius 3 is 2.54 bits per heavy atom. The number of rotatable bonds is 8. The van der Waals surface area contributed by atoms with Crippen molar-refractivity contribution in [1.82, 2.24) is 20.1 Å². The number of carbonyl (C=O) groups excluding carboxylic acids is 1. The molecule has 0 fully saturated rings. The van der Waals surface area contributed by atoms with E-state index in [1.807, 2.05) is 60.0 Å². The molecule has 0 aliphatic heterocycles. The lowest BCUT2D eigenvalue weighted by molar-refractivity contribution is -0.117. The van der Waals surface area contributed by atoms with Gasteiger partial charge in [0.15, 0.2) is 11.0 Å². The summed E-state index contributed by atoms with van der Waals surface area (Å²) in [4.78, 5) is 12.6. The topological polar surface area (TPSA) is 59.8 Å². The highest BCUT2D eigenvalue weighted by Gasteiger charge is 2.22. The van der Waals surface area contributed by atoms with Gasteiger partial charge in [0.1, 0.15) is 0 Å². The summed E-state index contributed by atoms with van der Waals surface area (Å²) in [5.41, 5.74) is 4.07. The molecule has 5 nitrogen and oxygen atoms in total. The molecule has 4 rings (SSSR count). The summed E-state index contributed by atoms with van der Waals surface area (Å²) >= 11 is 14.3. The highest BCUT2D eigenvalue weighted by atomic mass is 35.5. The van der Waals surface area contributed by atoms with Crippen LogP contribution in [-0.2, 0) is 10.5 Å². The number of hydrogen-bond donors (Lipinski definition) is 1. The van der Waals surface area contributed by atoms with Gasteiger partial charge in [-0.1, -0.05) is 89.6 Å². The third kappa shape index (κ3) is 6.34. The zero-order chi connectivity index (χ0) is 24.8. The minimum atomic E-state index is -0.421. The van der Waals surface area contributed by atoms with Gasteiger partial charge in [-0.05, 0) is 54.8 Å². The Morgan fingerprint density at radius 2 is 1.80 bits per heavy atom. The Morgan fingerprint density at radius 1 is 1.06 bits per heavy atom. The number of aromatic nitrogens is 3. The molecule has 0 saturated heterocycles. The summed E-state index contributed by atoms with van der Waals surface area (Å²) in [5, 5.41) is 13.5. The van der Waals surface area contributed by atoms with Crippen LogP contribution < -0.4 is 5.32 Å². The molecule has 1 unspecified atom stereocenters. The minimum absolute atomic E-state index is 0.229. The second kappa shape index (κ2) is 11.6. The van der Waals surface area contributed by atoms with Gasteiger partial charge < -0.3 is 5.32 Å². The SMILES string of the molecule is Cc1ccccc1CSc1nnc(C(C)NC(=O)C=Cc2ccccc2)n1-c1ccc(Cl)cc1Cl. The van der Waals surface area contributed by atoms with E-state index >= 15 is 0 Å². The highest BCUT2D eigenvalue weighted by molar-refractivity contribution is 7.98. The molecule has 8 heteroatoms. The Hall–Kier alpha value is -3.06. The van der Waals surface area contributed by atoms with E-state index in [1.165, 1.54) is 17.2 Å². The summed E-state index contributed by atoms with van der Waals surface area (Å²) in [6, 6.07) is 22.8. The van der Waals surface area contributed by atoms with Crippen molar-refractivity contribution in [3.63, 3.8) is 0 Å². The summed E-state index contributed by atoms with van der Waals surface area (Å²) in [7, 11) is 0. The largest absolute Gasteiger partial charge is 0.343 e. The average molecular weight is 523 g/mol. The van der Waals surface area contributed by atoms with E-state index < -0.39 is 6.04 Å². The van der Waals surface area contributed by atoms with Gasteiger partial charge in [0, 0.05) is 16.9 Å². The standard InChI is InChI=1S/C27H24Cl2N4OS/c1-18-8-6-7-11-21(18)17-35-27-32-31-26(33(27)24-14-13-22(28)16-23(24)29)19(2)30-25(34)15-12-20-9-4-3-5-10-20/h3-16,19H,17H2,1-2H3,(H,30,34). The van der Waals surface area contributed by atoms with Crippen molar-refractivity contribution >= 4 is 46.9 Å². The van der Waals surface area contributed by atoms with E-state index in [0.717, 1.165) is 11.3 Å². The Balaban J connectivity index is 1.61. The van der Waals surface area contributed by atoms with Gasteiger partial charge in [-0.3, -0.25) is 9.36 Å². The molecule has 1 heterocycles. The third-order valence-electron chi connectivity index (χ3n) is 5.40. The molecule has 1 atom stereocenters. The van der Waals surface area contributed by atoms with Crippen LogP contribution in [0.3, 0.4) is 0 Å². The van der Waals surface area contributed by atoms with E-state index in [1.54, 1.807) is 30.0 Å². The summed E-state index contributed by atoms with van der Waals surface area (Å²) in [6.07, 6.45) is 3.28. The number of thioether (sulfide) groups is 1. The number of aryl methyl sites for hydroxylation is 1. The van der Waals surface area contributed by atoms with E-state index in [-0.39, 0.29) is 5.91 Å². The quantitative estimate of drug-likeness (QED) is 0.198. The molecule has 3 aromatic carbocycles. The van der Waals surface area contributed by atoms with E-state index in [9.17, 15) is 4.79 Å². The van der Waals surface area contributed by atoms with Crippen LogP contribution in [0.25, 0.3) is 11.8 Å². The predicted molar refractivity (Wildman–Crippen MR) is 144 cm³/mol. The lowest BCUT2D eigenvalue weighted by Crippen LogP contribution is -2.27. The summed E-state index contributed by atoms with van der Waals surface area (Å²) in [5.74, 6) is 1.06. The van der Waals surface area contributed by atoms with Gasteiger partial charge in [-0.2, -0.15) is 0 Å². The molecule has 0 bridgehead atoms. The maximum atomic E-state index is 12.6. The second-order valence-corrected chi connectivity index (χ2v) is 9.75. The molecule has 0 spiro atoms. The van der Waals surface area contributed by atoms with Crippen molar-refractivity contribution in [2.24, 2.45) is 0 Å². The number of hydrogen-bond acceptors (Lipinski definition) is 4. The Labute approximate surface area is 219 Å². The molecule has 4 aromatic rings. The van der Waals surface area contributed by atoms with Gasteiger partial charge in [0.2, 0.25) is 5.91 Å². The predicted octanol–water partition coefficient (Wildman–Crippen LogP) is 7.07. The second-order valence-electron chi connectivity index (χ2n) is 7.96. The van der Waals surface area contributed by atoms with E-state index in [2.05, 4.69) is 34.6 Å². The molecule has 1 aromatic heterocycles. The monoisotopic (exact) mass is 522 g/mol. The van der Waals surface area contributed by atoms with Crippen molar-refractivity contribution < 1.29 is 4.79 Å². The number of benzene rings is 3. The third-order valence-corrected chi connectivity index (χ3v) is 6.92. The molecule has 0 radical (unpaired) electrons. The van der Waals surface area contributed by atoms with Crippen LogP contribution in [0.15, 0.2) is 84.0 Å². The maximum absolute atomic E-state index is 12.6. The van der Waals surface area contributed by atoms with Crippen LogP contribution >= 0.6 is 35.0 Å². The number of nitrogens with zero attached hydrogens (tertiary/aromatic N) is 3. The molecular weight excluding hydrogens is 499 g/mol. The molecule has 35 heavy (non-hydrogen) atoms. The fourth-order valence-electron chi connectivity index (χ4n) is 3.52. The molecule has 0 aliphatic carbocycles. The minimum Gasteiger partial charge on any atom is -0.343 e. The van der Waals surface area contributed by atoms with Gasteiger partial charge >= 0.3 is 0 Å². The fraction of sp³-hybridized carbons (Fsp3) is 0.148. The number of carbonyl (C=O) groups is 1. The van der Waals surface area contributed by atoms with Gasteiger partial charge in [-0.25, -0.2) is 0 Å². The van der Waals surface area contributed by atoms with Crippen LogP contribution in [0.1, 0.15) is 35.5 Å². The van der Waals surface area contributed by atoms with Crippen molar-refractivity contribution in [1.29, 1.82) is 0 Å².